The van der Waals surface area contributed by atoms with Crippen LogP contribution in [0.3, 0.4) is 0 Å². The number of carbonyl (C=O) groups is 1. The minimum atomic E-state index is -1.98. The van der Waals surface area contributed by atoms with E-state index in [1.807, 2.05) is 6.92 Å². The largest absolute Gasteiger partial charge is 0.416 e. The first kappa shape index (κ1) is 26.6. The molecule has 0 N–H and O–H groups in total. The summed E-state index contributed by atoms with van der Waals surface area (Å²) in [6.07, 6.45) is 4.54. The van der Waals surface area contributed by atoms with Gasteiger partial charge >= 0.3 is 0 Å². The molecular weight excluding hydrogens is 428 g/mol. The number of carbonyl (C=O) groups excluding carboxylic acids is 1. The van der Waals surface area contributed by atoms with Gasteiger partial charge in [-0.25, -0.2) is 0 Å². The molecule has 0 aromatic carbocycles. The summed E-state index contributed by atoms with van der Waals surface area (Å²) in [4.78, 5) is 13.2. The third-order valence-corrected chi connectivity index (χ3v) is 19.9. The van der Waals surface area contributed by atoms with Crippen molar-refractivity contribution in [3.05, 3.63) is 0 Å². The molecular formula is C27H52O3Si2. The van der Waals surface area contributed by atoms with E-state index in [-0.39, 0.29) is 32.4 Å². The Labute approximate surface area is 201 Å². The molecule has 3 rings (SSSR count). The van der Waals surface area contributed by atoms with Crippen molar-refractivity contribution < 1.29 is 13.6 Å². The van der Waals surface area contributed by atoms with Crippen LogP contribution >= 0.6 is 0 Å². The Morgan fingerprint density at radius 1 is 0.906 bits per heavy atom. The number of fused-ring (bicyclic) bond motifs is 3. The molecule has 0 spiro atoms. The van der Waals surface area contributed by atoms with Crippen LogP contribution < -0.4 is 0 Å². The van der Waals surface area contributed by atoms with Crippen LogP contribution in [0.1, 0.15) is 88.0 Å². The highest BCUT2D eigenvalue weighted by molar-refractivity contribution is 6.74. The van der Waals surface area contributed by atoms with Gasteiger partial charge in [0, 0.05) is 12.5 Å². The molecule has 0 amide bonds. The van der Waals surface area contributed by atoms with E-state index in [1.165, 1.54) is 12.8 Å². The minimum absolute atomic E-state index is 0.0510. The second kappa shape index (κ2) is 7.51. The Hall–Kier alpha value is 0.0238. The van der Waals surface area contributed by atoms with Crippen molar-refractivity contribution in [1.82, 2.24) is 0 Å². The Morgan fingerprint density at radius 2 is 1.44 bits per heavy atom. The number of ketones is 1. The number of hydrogen-bond donors (Lipinski definition) is 0. The molecule has 3 aliphatic rings. The summed E-state index contributed by atoms with van der Waals surface area (Å²) in [7, 11) is -3.77. The number of rotatable bonds is 6. The second-order valence-electron chi connectivity index (χ2n) is 15.3. The molecule has 5 heteroatoms. The molecule has 3 saturated carbocycles. The molecule has 0 saturated heterocycles. The first-order chi connectivity index (χ1) is 14.1. The maximum absolute atomic E-state index is 13.2. The van der Waals surface area contributed by atoms with Gasteiger partial charge in [0.1, 0.15) is 5.78 Å². The highest BCUT2D eigenvalue weighted by Gasteiger charge is 2.76. The van der Waals surface area contributed by atoms with Gasteiger partial charge in [-0.05, 0) is 91.5 Å². The topological polar surface area (TPSA) is 35.5 Å². The van der Waals surface area contributed by atoms with E-state index in [2.05, 4.69) is 81.6 Å². The molecule has 0 radical (unpaired) electrons. The number of hydrogen-bond acceptors (Lipinski definition) is 3. The molecule has 3 nitrogen and oxygen atoms in total. The lowest BCUT2D eigenvalue weighted by Gasteiger charge is -2.61. The zero-order chi connectivity index (χ0) is 24.8. The van der Waals surface area contributed by atoms with Crippen LogP contribution in [0.5, 0.6) is 0 Å². The van der Waals surface area contributed by atoms with Gasteiger partial charge < -0.3 is 8.85 Å². The van der Waals surface area contributed by atoms with Crippen molar-refractivity contribution in [3.63, 3.8) is 0 Å². The van der Waals surface area contributed by atoms with Crippen LogP contribution in [-0.4, -0.2) is 34.6 Å². The van der Waals surface area contributed by atoms with Gasteiger partial charge in [0.05, 0.1) is 5.60 Å². The van der Waals surface area contributed by atoms with E-state index >= 15 is 0 Å². The molecule has 0 aliphatic heterocycles. The first-order valence-corrected chi connectivity index (χ1v) is 18.8. The average Bonchev–Trinajstić information content (AvgIpc) is 2.98. The third-order valence-electron chi connectivity index (χ3n) is 11.0. The second-order valence-corrected chi connectivity index (χ2v) is 24.8. The number of Topliss-reactive ketones (excluding diaryl/α,β-unsaturated/α-hetero) is 1. The lowest BCUT2D eigenvalue weighted by atomic mass is 9.53. The van der Waals surface area contributed by atoms with Gasteiger partial charge in [-0.2, -0.15) is 0 Å². The highest BCUT2D eigenvalue weighted by atomic mass is 28.4. The Morgan fingerprint density at radius 3 is 1.84 bits per heavy atom. The molecule has 3 aliphatic carbocycles. The summed E-state index contributed by atoms with van der Waals surface area (Å²) in [5.74, 6) is 1.42. The molecule has 3 fully saturated rings. The standard InChI is InChI=1S/C27H52O3Si2/c1-19(28)22-20-16-25(8,18-29-31(10,11)23(2,3)4)17-21(20)26(9)14-15-27(22,26)30-32(12,13)24(5,6)7/h20-22H,14-18H2,1-13H3/t20-,21+,22-,25+,26-,27-/m1/s1. The first-order valence-electron chi connectivity index (χ1n) is 13.0. The van der Waals surface area contributed by atoms with Crippen molar-refractivity contribution in [2.24, 2.45) is 28.6 Å². The van der Waals surface area contributed by atoms with Gasteiger partial charge in [-0.1, -0.05) is 55.4 Å². The molecule has 6 atom stereocenters. The molecule has 0 unspecified atom stereocenters. The molecule has 0 aromatic heterocycles. The minimum Gasteiger partial charge on any atom is -0.416 e. The van der Waals surface area contributed by atoms with Crippen LogP contribution in [0.4, 0.5) is 0 Å². The highest BCUT2D eigenvalue weighted by Crippen LogP contribution is 2.75. The van der Waals surface area contributed by atoms with E-state index in [1.54, 1.807) is 0 Å². The molecule has 0 bridgehead atoms. The molecule has 32 heavy (non-hydrogen) atoms. The Bertz CT molecular complexity index is 762. The van der Waals surface area contributed by atoms with E-state index in [0.29, 0.717) is 17.6 Å². The van der Waals surface area contributed by atoms with Crippen molar-refractivity contribution in [1.29, 1.82) is 0 Å². The lowest BCUT2D eigenvalue weighted by molar-refractivity contribution is -0.172. The maximum atomic E-state index is 13.2. The van der Waals surface area contributed by atoms with Crippen LogP contribution in [-0.2, 0) is 13.6 Å². The summed E-state index contributed by atoms with van der Waals surface area (Å²) >= 11 is 0. The Balaban J connectivity index is 1.88. The Kier molecular flexibility index (Phi) is 6.25. The lowest BCUT2D eigenvalue weighted by Crippen LogP contribution is -2.65. The summed E-state index contributed by atoms with van der Waals surface area (Å²) in [5, 5.41) is 0.384. The van der Waals surface area contributed by atoms with Gasteiger partial charge in [0.25, 0.3) is 0 Å². The monoisotopic (exact) mass is 480 g/mol. The smallest absolute Gasteiger partial charge is 0.192 e. The summed E-state index contributed by atoms with van der Waals surface area (Å²) in [5.41, 5.74) is 0.0529. The van der Waals surface area contributed by atoms with Crippen LogP contribution in [0.15, 0.2) is 0 Å². The van der Waals surface area contributed by atoms with Crippen LogP contribution in [0, 0.1) is 28.6 Å². The van der Waals surface area contributed by atoms with E-state index in [9.17, 15) is 4.79 Å². The average molecular weight is 481 g/mol. The molecule has 0 heterocycles. The summed E-state index contributed by atoms with van der Waals surface area (Å²) in [6.45, 7) is 30.9. The van der Waals surface area contributed by atoms with Crippen molar-refractivity contribution in [2.45, 2.75) is 130 Å². The zero-order valence-corrected chi connectivity index (χ0v) is 25.5. The zero-order valence-electron chi connectivity index (χ0n) is 23.5. The van der Waals surface area contributed by atoms with Crippen molar-refractivity contribution >= 4 is 22.4 Å². The predicted octanol–water partition coefficient (Wildman–Crippen LogP) is 7.82. The molecule has 0 aromatic rings. The van der Waals surface area contributed by atoms with Crippen molar-refractivity contribution in [3.8, 4) is 0 Å². The normalized spacial score (nSPS) is 40.1. The quantitative estimate of drug-likeness (QED) is 0.363. The third kappa shape index (κ3) is 3.85. The van der Waals surface area contributed by atoms with Gasteiger partial charge in [-0.15, -0.1) is 0 Å². The van der Waals surface area contributed by atoms with E-state index in [0.717, 1.165) is 19.4 Å². The van der Waals surface area contributed by atoms with Crippen LogP contribution in [0.25, 0.3) is 0 Å². The van der Waals surface area contributed by atoms with Gasteiger partial charge in [-0.3, -0.25) is 4.79 Å². The van der Waals surface area contributed by atoms with Crippen LogP contribution in [0.2, 0.25) is 36.3 Å². The SMILES string of the molecule is CC(=O)[C@@H]1[C@@H]2C[C@](C)(CO[Si](C)(C)C(C)(C)C)C[C@@H]2[C@@]2(C)CC[C@@]12O[Si](C)(C)C(C)(C)C. The van der Waals surface area contributed by atoms with Gasteiger partial charge in [0.15, 0.2) is 16.6 Å². The molecule has 186 valence electrons. The summed E-state index contributed by atoms with van der Waals surface area (Å²) < 4.78 is 14.0. The maximum Gasteiger partial charge on any atom is 0.192 e. The van der Waals surface area contributed by atoms with E-state index < -0.39 is 16.6 Å². The van der Waals surface area contributed by atoms with Gasteiger partial charge in [0.2, 0.25) is 0 Å². The summed E-state index contributed by atoms with van der Waals surface area (Å²) in [6, 6.07) is 0. The fourth-order valence-corrected chi connectivity index (χ4v) is 9.63. The predicted molar refractivity (Wildman–Crippen MR) is 140 cm³/mol. The fraction of sp³-hybridized carbons (Fsp3) is 0.963. The van der Waals surface area contributed by atoms with E-state index in [4.69, 9.17) is 8.85 Å². The van der Waals surface area contributed by atoms with Crippen molar-refractivity contribution in [2.75, 3.05) is 6.61 Å². The fourth-order valence-electron chi connectivity index (χ4n) is 6.80.